The van der Waals surface area contributed by atoms with Gasteiger partial charge in [0.05, 0.1) is 30.6 Å². The Morgan fingerprint density at radius 2 is 1.84 bits per heavy atom. The summed E-state index contributed by atoms with van der Waals surface area (Å²) in [6.45, 7) is -0.298. The van der Waals surface area contributed by atoms with Crippen molar-refractivity contribution in [3.8, 4) is 22.8 Å². The first kappa shape index (κ1) is 20.4. The fourth-order valence-electron chi connectivity index (χ4n) is 3.08. The first-order valence-corrected chi connectivity index (χ1v) is 9.60. The van der Waals surface area contributed by atoms with Crippen molar-refractivity contribution < 1.29 is 14.3 Å². The fourth-order valence-corrected chi connectivity index (χ4v) is 3.33. The van der Waals surface area contributed by atoms with Gasteiger partial charge in [-0.25, -0.2) is 9.20 Å². The molecule has 0 aliphatic heterocycles. The minimum absolute atomic E-state index is 0.298. The van der Waals surface area contributed by atoms with Crippen LogP contribution in [0.3, 0.4) is 0 Å². The van der Waals surface area contributed by atoms with Gasteiger partial charge in [0, 0.05) is 11.6 Å². The Labute approximate surface area is 181 Å². The van der Waals surface area contributed by atoms with Gasteiger partial charge >= 0.3 is 0 Å². The Balaban J connectivity index is 1.59. The molecule has 0 aliphatic rings. The molecule has 2 aromatic carbocycles. The molecule has 0 unspecified atom stereocenters. The first-order chi connectivity index (χ1) is 15.0. The van der Waals surface area contributed by atoms with E-state index in [0.29, 0.717) is 33.4 Å². The van der Waals surface area contributed by atoms with Crippen LogP contribution in [0, 0.1) is 0 Å². The summed E-state index contributed by atoms with van der Waals surface area (Å²) < 4.78 is 12.9. The highest BCUT2D eigenvalue weighted by molar-refractivity contribution is 6.32. The van der Waals surface area contributed by atoms with Gasteiger partial charge in [0.15, 0.2) is 0 Å². The number of carbonyl (C=O) groups excluding carboxylic acids is 1. The molecule has 4 rings (SSSR count). The number of carbonyl (C=O) groups is 1. The molecule has 0 saturated carbocycles. The Kier molecular flexibility index (Phi) is 5.59. The normalized spacial score (nSPS) is 10.8. The van der Waals surface area contributed by atoms with Crippen molar-refractivity contribution in [2.75, 3.05) is 19.5 Å². The van der Waals surface area contributed by atoms with Crippen LogP contribution >= 0.6 is 11.6 Å². The van der Waals surface area contributed by atoms with Gasteiger partial charge in [0.2, 0.25) is 5.91 Å². The summed E-state index contributed by atoms with van der Waals surface area (Å²) in [5.41, 5.74) is 1.74. The first-order valence-electron chi connectivity index (χ1n) is 9.22. The second kappa shape index (κ2) is 8.49. The number of halogens is 1. The number of anilines is 1. The zero-order valence-electron chi connectivity index (χ0n) is 16.7. The summed E-state index contributed by atoms with van der Waals surface area (Å²) >= 11 is 6.14. The van der Waals surface area contributed by atoms with Gasteiger partial charge in [-0.15, -0.1) is 0 Å². The van der Waals surface area contributed by atoms with Crippen LogP contribution in [0.25, 0.3) is 16.8 Å². The van der Waals surface area contributed by atoms with E-state index in [9.17, 15) is 9.59 Å². The van der Waals surface area contributed by atoms with Crippen molar-refractivity contribution in [1.82, 2.24) is 19.4 Å². The number of aromatic nitrogens is 4. The summed E-state index contributed by atoms with van der Waals surface area (Å²) in [7, 11) is 2.94. The van der Waals surface area contributed by atoms with Crippen LogP contribution in [0.1, 0.15) is 0 Å². The lowest BCUT2D eigenvalue weighted by molar-refractivity contribution is -0.117. The summed E-state index contributed by atoms with van der Waals surface area (Å²) in [6.07, 6.45) is 1.39. The van der Waals surface area contributed by atoms with E-state index in [0.717, 1.165) is 10.2 Å². The Morgan fingerprint density at radius 1 is 1.10 bits per heavy atom. The number of hydrogen-bond donors (Lipinski definition) is 1. The Morgan fingerprint density at radius 3 is 2.55 bits per heavy atom. The summed E-state index contributed by atoms with van der Waals surface area (Å²) in [5, 5.41) is 11.4. The number of nitrogens with zero attached hydrogens (tertiary/aromatic N) is 4. The number of rotatable bonds is 6. The molecule has 0 radical (unpaired) electrons. The van der Waals surface area contributed by atoms with Crippen molar-refractivity contribution in [3.05, 3.63) is 70.2 Å². The van der Waals surface area contributed by atoms with Crippen LogP contribution in [-0.4, -0.2) is 39.5 Å². The molecule has 0 saturated heterocycles. The highest BCUT2D eigenvalue weighted by Crippen LogP contribution is 2.35. The molecule has 9 nitrogen and oxygen atoms in total. The smallest absolute Gasteiger partial charge is 0.293 e. The molecule has 1 amide bonds. The number of ether oxygens (including phenoxy) is 2. The molecule has 0 fully saturated rings. The molecule has 2 heterocycles. The van der Waals surface area contributed by atoms with E-state index >= 15 is 0 Å². The van der Waals surface area contributed by atoms with E-state index in [2.05, 4.69) is 15.5 Å². The van der Waals surface area contributed by atoms with E-state index in [1.54, 1.807) is 12.1 Å². The molecule has 158 valence electrons. The lowest BCUT2D eigenvalue weighted by Crippen LogP contribution is -2.30. The van der Waals surface area contributed by atoms with Crippen molar-refractivity contribution >= 4 is 28.7 Å². The van der Waals surface area contributed by atoms with E-state index in [-0.39, 0.29) is 6.54 Å². The molecule has 0 aliphatic carbocycles. The highest BCUT2D eigenvalue weighted by Gasteiger charge is 2.15. The number of benzene rings is 2. The van der Waals surface area contributed by atoms with Crippen LogP contribution in [-0.2, 0) is 11.3 Å². The van der Waals surface area contributed by atoms with Gasteiger partial charge < -0.3 is 14.8 Å². The van der Waals surface area contributed by atoms with Gasteiger partial charge in [-0.3, -0.25) is 9.59 Å². The molecular weight excluding hydrogens is 422 g/mol. The number of amides is 1. The van der Waals surface area contributed by atoms with Crippen molar-refractivity contribution in [2.24, 2.45) is 0 Å². The third kappa shape index (κ3) is 4.08. The molecule has 4 aromatic rings. The van der Waals surface area contributed by atoms with E-state index in [1.807, 2.05) is 30.3 Å². The third-order valence-electron chi connectivity index (χ3n) is 4.60. The Hall–Kier alpha value is -3.85. The van der Waals surface area contributed by atoms with Gasteiger partial charge in [0.1, 0.15) is 29.9 Å². The average molecular weight is 440 g/mol. The maximum absolute atomic E-state index is 12.8. The maximum Gasteiger partial charge on any atom is 0.293 e. The predicted octanol–water partition coefficient (Wildman–Crippen LogP) is 2.87. The number of methoxy groups -OCH3 is 2. The van der Waals surface area contributed by atoms with Gasteiger partial charge in [-0.1, -0.05) is 41.9 Å². The summed E-state index contributed by atoms with van der Waals surface area (Å²) in [4.78, 5) is 25.4. The topological polar surface area (TPSA) is 99.8 Å². The minimum Gasteiger partial charge on any atom is -0.495 e. The molecule has 31 heavy (non-hydrogen) atoms. The quantitative estimate of drug-likeness (QED) is 0.496. The van der Waals surface area contributed by atoms with E-state index < -0.39 is 11.5 Å². The third-order valence-corrected chi connectivity index (χ3v) is 4.90. The molecule has 0 atom stereocenters. The number of fused-ring (bicyclic) bond motifs is 1. The molecule has 2 aromatic heterocycles. The Bertz CT molecular complexity index is 1320. The van der Waals surface area contributed by atoms with Gasteiger partial charge in [-0.05, 0) is 12.1 Å². The van der Waals surface area contributed by atoms with Gasteiger partial charge in [-0.2, -0.15) is 10.2 Å². The van der Waals surface area contributed by atoms with Crippen molar-refractivity contribution in [2.45, 2.75) is 6.54 Å². The number of hydrogen-bond acceptors (Lipinski definition) is 6. The van der Waals surface area contributed by atoms with Crippen LogP contribution in [0.15, 0.2) is 59.7 Å². The van der Waals surface area contributed by atoms with E-state index in [4.69, 9.17) is 21.1 Å². The van der Waals surface area contributed by atoms with Crippen molar-refractivity contribution in [3.63, 3.8) is 0 Å². The molecule has 1 N–H and O–H groups in total. The molecule has 10 heteroatoms. The second-order valence-electron chi connectivity index (χ2n) is 6.55. The van der Waals surface area contributed by atoms with Gasteiger partial charge in [0.25, 0.3) is 5.56 Å². The zero-order valence-corrected chi connectivity index (χ0v) is 17.5. The summed E-state index contributed by atoms with van der Waals surface area (Å²) in [5.74, 6) is 0.310. The largest absolute Gasteiger partial charge is 0.495 e. The SMILES string of the molecule is COc1cc(OC)c(NC(=O)Cn2ncn3nc(-c4ccccc4)cc3c2=O)cc1Cl. The standard InChI is InChI=1S/C21H18ClN5O4/c1-30-18-10-19(31-2)16(8-14(18)22)24-20(28)11-26-21(29)17-9-15(25-27(17)12-23-26)13-6-4-3-5-7-13/h3-10,12H,11H2,1-2H3,(H,24,28). The highest BCUT2D eigenvalue weighted by atomic mass is 35.5. The number of nitrogens with one attached hydrogen (secondary N) is 1. The zero-order chi connectivity index (χ0) is 22.0. The average Bonchev–Trinajstić information content (AvgIpc) is 3.22. The fraction of sp³-hybridized carbons (Fsp3) is 0.143. The van der Waals surface area contributed by atoms with Crippen LogP contribution < -0.4 is 20.3 Å². The molecular formula is C21H18ClN5O4. The predicted molar refractivity (Wildman–Crippen MR) is 116 cm³/mol. The maximum atomic E-state index is 12.8. The lowest BCUT2D eigenvalue weighted by Gasteiger charge is -2.13. The molecule has 0 bridgehead atoms. The second-order valence-corrected chi connectivity index (χ2v) is 6.96. The minimum atomic E-state index is -0.471. The lowest BCUT2D eigenvalue weighted by atomic mass is 10.1. The van der Waals surface area contributed by atoms with Crippen molar-refractivity contribution in [1.29, 1.82) is 0 Å². The van der Waals surface area contributed by atoms with Crippen LogP contribution in [0.2, 0.25) is 5.02 Å². The summed E-state index contributed by atoms with van der Waals surface area (Å²) in [6, 6.07) is 14.2. The van der Waals surface area contributed by atoms with E-state index in [1.165, 1.54) is 31.1 Å². The molecule has 0 spiro atoms. The van der Waals surface area contributed by atoms with Crippen LogP contribution in [0.5, 0.6) is 11.5 Å². The van der Waals surface area contributed by atoms with Crippen LogP contribution in [0.4, 0.5) is 5.69 Å². The monoisotopic (exact) mass is 439 g/mol.